The molecule has 4 heteroatoms. The fourth-order valence-corrected chi connectivity index (χ4v) is 1.79. The second-order valence-electron chi connectivity index (χ2n) is 1.94. The number of halogens is 1. The molecule has 0 fully saturated rings. The average molecular weight is 262 g/mol. The molecule has 0 saturated heterocycles. The number of para-hydroxylation sites is 1. The quantitative estimate of drug-likeness (QED) is 0.273. The summed E-state index contributed by atoms with van der Waals surface area (Å²) in [5.74, 6) is 0. The summed E-state index contributed by atoms with van der Waals surface area (Å²) in [6.07, 6.45) is 0. The molecule has 3 nitrogen and oxygen atoms in total. The van der Waals surface area contributed by atoms with Crippen LogP contribution in [0.1, 0.15) is 0 Å². The van der Waals surface area contributed by atoms with Gasteiger partial charge < -0.3 is 0 Å². The van der Waals surface area contributed by atoms with Crippen LogP contribution in [-0.4, -0.2) is 6.72 Å². The van der Waals surface area contributed by atoms with Crippen molar-refractivity contribution in [2.24, 2.45) is 8.94 Å². The summed E-state index contributed by atoms with van der Waals surface area (Å²) in [6.45, 7) is 3.41. The van der Waals surface area contributed by atoms with E-state index in [1.807, 2.05) is 18.2 Å². The van der Waals surface area contributed by atoms with Crippen molar-refractivity contribution in [3.63, 3.8) is 0 Å². The Labute approximate surface area is 76.1 Å². The van der Waals surface area contributed by atoms with E-state index in [2.05, 4.69) is 11.7 Å². The summed E-state index contributed by atoms with van der Waals surface area (Å²) in [7, 11) is 0. The molecule has 0 aliphatic carbocycles. The summed E-state index contributed by atoms with van der Waals surface area (Å²) < 4.78 is 6.56. The van der Waals surface area contributed by atoms with Gasteiger partial charge in [0.25, 0.3) is 0 Å². The zero-order valence-corrected chi connectivity index (χ0v) is 8.08. The second-order valence-corrected chi connectivity index (χ2v) is 3.72. The molecule has 0 heterocycles. The van der Waals surface area contributed by atoms with E-state index < -0.39 is 21.5 Å². The summed E-state index contributed by atoms with van der Waals surface area (Å²) in [6, 6.07) is 5.64. The fraction of sp³-hybridized carbons (Fsp3) is 0. The SMILES string of the molecule is C=Nc1cccc([I-]N)c1N. The third kappa shape index (κ3) is 1.69. The summed E-state index contributed by atoms with van der Waals surface area (Å²) in [4.78, 5) is 3.77. The Morgan fingerprint density at radius 3 is 2.73 bits per heavy atom. The standard InChI is InChI=1S/C7H9IN3/c1-11-6-4-2-3-5(8-10)7(6)9/h2-4H,1,9-10H2/q-1. The minimum absolute atomic E-state index is 0.448. The Bertz CT molecular complexity index is 272. The van der Waals surface area contributed by atoms with Gasteiger partial charge in [-0.2, -0.15) is 0 Å². The molecule has 0 spiro atoms. The van der Waals surface area contributed by atoms with Gasteiger partial charge in [-0.05, 0) is 0 Å². The van der Waals surface area contributed by atoms with Gasteiger partial charge in [0.1, 0.15) is 0 Å². The van der Waals surface area contributed by atoms with Crippen LogP contribution >= 0.6 is 0 Å². The number of rotatable bonds is 2. The first-order chi connectivity index (χ1) is 5.29. The Kier molecular flexibility index (Phi) is 2.84. The summed E-state index contributed by atoms with van der Waals surface area (Å²) in [5, 5.41) is 0. The van der Waals surface area contributed by atoms with Gasteiger partial charge in [0.2, 0.25) is 0 Å². The number of hydrogen-bond donors (Lipinski definition) is 2. The Morgan fingerprint density at radius 1 is 1.45 bits per heavy atom. The van der Waals surface area contributed by atoms with Gasteiger partial charge in [-0.3, -0.25) is 0 Å². The molecule has 0 amide bonds. The molecule has 0 saturated carbocycles. The van der Waals surface area contributed by atoms with Gasteiger partial charge in [-0.1, -0.05) is 0 Å². The molecule has 60 valence electrons. The van der Waals surface area contributed by atoms with Crippen molar-refractivity contribution in [1.29, 1.82) is 0 Å². The van der Waals surface area contributed by atoms with E-state index in [1.165, 1.54) is 0 Å². The third-order valence-electron chi connectivity index (χ3n) is 1.32. The average Bonchev–Trinajstić information content (AvgIpc) is 2.05. The number of nitrogen functional groups attached to an aromatic ring is 1. The molecule has 0 bridgehead atoms. The molecule has 0 aliphatic heterocycles. The number of hydrogen-bond acceptors (Lipinski definition) is 3. The van der Waals surface area contributed by atoms with E-state index in [0.717, 1.165) is 9.26 Å². The third-order valence-corrected chi connectivity index (χ3v) is 2.93. The van der Waals surface area contributed by atoms with E-state index in [4.69, 9.17) is 9.68 Å². The topological polar surface area (TPSA) is 64.4 Å². The summed E-state index contributed by atoms with van der Waals surface area (Å²) in [5.41, 5.74) is 7.13. The van der Waals surface area contributed by atoms with Gasteiger partial charge in [-0.25, -0.2) is 0 Å². The van der Waals surface area contributed by atoms with Crippen LogP contribution in [0.2, 0.25) is 0 Å². The molecule has 0 atom stereocenters. The predicted molar refractivity (Wildman–Crippen MR) is 42.9 cm³/mol. The van der Waals surface area contributed by atoms with Crippen molar-refractivity contribution in [1.82, 2.24) is 0 Å². The molecule has 1 aromatic rings. The summed E-state index contributed by atoms with van der Waals surface area (Å²) >= 11 is -0.448. The molecule has 1 rings (SSSR count). The Morgan fingerprint density at radius 2 is 2.18 bits per heavy atom. The molecule has 0 unspecified atom stereocenters. The zero-order valence-electron chi connectivity index (χ0n) is 5.92. The van der Waals surface area contributed by atoms with Gasteiger partial charge >= 0.3 is 76.0 Å². The van der Waals surface area contributed by atoms with Crippen molar-refractivity contribution in [3.05, 3.63) is 21.8 Å². The van der Waals surface area contributed by atoms with Gasteiger partial charge in [0.15, 0.2) is 0 Å². The number of aliphatic imine (C=N–C) groups is 1. The van der Waals surface area contributed by atoms with Crippen molar-refractivity contribution >= 4 is 18.1 Å². The molecule has 0 radical (unpaired) electrons. The first kappa shape index (κ1) is 8.48. The zero-order chi connectivity index (χ0) is 8.27. The molecular weight excluding hydrogens is 253 g/mol. The van der Waals surface area contributed by atoms with Crippen LogP contribution in [0.15, 0.2) is 23.2 Å². The first-order valence-corrected chi connectivity index (χ1v) is 5.30. The molecule has 1 aromatic carbocycles. The molecule has 0 aliphatic rings. The van der Waals surface area contributed by atoms with E-state index in [-0.39, 0.29) is 0 Å². The Balaban J connectivity index is 3.20. The van der Waals surface area contributed by atoms with E-state index in [1.54, 1.807) is 0 Å². The fourth-order valence-electron chi connectivity index (χ4n) is 0.759. The van der Waals surface area contributed by atoms with Crippen molar-refractivity contribution in [3.8, 4) is 0 Å². The van der Waals surface area contributed by atoms with Crippen LogP contribution in [0.4, 0.5) is 11.4 Å². The van der Waals surface area contributed by atoms with Crippen molar-refractivity contribution in [2.75, 3.05) is 5.73 Å². The maximum atomic E-state index is 5.72. The van der Waals surface area contributed by atoms with Crippen LogP contribution in [0, 0.1) is 3.57 Å². The Hall–Kier alpha value is -0.620. The number of benzene rings is 1. The van der Waals surface area contributed by atoms with E-state index in [0.29, 0.717) is 5.69 Å². The van der Waals surface area contributed by atoms with Crippen LogP contribution in [0.5, 0.6) is 0 Å². The van der Waals surface area contributed by atoms with Gasteiger partial charge in [0.05, 0.1) is 0 Å². The predicted octanol–water partition coefficient (Wildman–Crippen LogP) is -2.27. The normalized spacial score (nSPS) is 9.91. The second kappa shape index (κ2) is 3.68. The van der Waals surface area contributed by atoms with Gasteiger partial charge in [-0.15, -0.1) is 0 Å². The van der Waals surface area contributed by atoms with Crippen LogP contribution in [-0.2, 0) is 0 Å². The molecule has 0 aromatic heterocycles. The van der Waals surface area contributed by atoms with E-state index in [9.17, 15) is 0 Å². The van der Waals surface area contributed by atoms with Gasteiger partial charge in [0, 0.05) is 0 Å². The monoisotopic (exact) mass is 262 g/mol. The minimum atomic E-state index is -0.448. The first-order valence-electron chi connectivity index (χ1n) is 2.98. The van der Waals surface area contributed by atoms with Crippen molar-refractivity contribution in [2.45, 2.75) is 0 Å². The number of nitrogens with two attached hydrogens (primary N) is 2. The van der Waals surface area contributed by atoms with E-state index >= 15 is 0 Å². The van der Waals surface area contributed by atoms with Crippen LogP contribution in [0.25, 0.3) is 0 Å². The number of nitrogens with zero attached hydrogens (tertiary/aromatic N) is 1. The maximum absolute atomic E-state index is 5.72. The molecular formula is C7H9IN3-. The van der Waals surface area contributed by atoms with Crippen LogP contribution in [0.3, 0.4) is 0 Å². The molecule has 11 heavy (non-hydrogen) atoms. The van der Waals surface area contributed by atoms with Crippen LogP contribution < -0.4 is 31.2 Å². The molecule has 4 N–H and O–H groups in total. The van der Waals surface area contributed by atoms with Crippen molar-refractivity contribution < 1.29 is 21.5 Å². The number of anilines is 1.